The summed E-state index contributed by atoms with van der Waals surface area (Å²) >= 11 is 0. The molecular formula is C25H30N2O6. The molecule has 0 heterocycles. The molecule has 176 valence electrons. The Morgan fingerprint density at radius 2 is 1.55 bits per heavy atom. The van der Waals surface area contributed by atoms with E-state index in [9.17, 15) is 19.5 Å². The average molecular weight is 455 g/mol. The fourth-order valence-electron chi connectivity index (χ4n) is 4.12. The van der Waals surface area contributed by atoms with Crippen LogP contribution in [0, 0.1) is 0 Å². The summed E-state index contributed by atoms with van der Waals surface area (Å²) in [5.41, 5.74) is 4.61. The van der Waals surface area contributed by atoms with Gasteiger partial charge in [-0.1, -0.05) is 48.5 Å². The average Bonchev–Trinajstić information content (AvgIpc) is 3.09. The number of aliphatic carboxylic acids is 1. The Hall–Kier alpha value is -3.39. The fraction of sp³-hybridized carbons (Fsp3) is 0.400. The molecule has 2 amide bonds. The normalized spacial score (nSPS) is 15.0. The van der Waals surface area contributed by atoms with Crippen LogP contribution in [0.5, 0.6) is 0 Å². The van der Waals surface area contributed by atoms with E-state index >= 15 is 0 Å². The molecule has 1 unspecified atom stereocenters. The number of carboxylic acid groups (broad SMARTS) is 1. The number of carbonyl (C=O) groups excluding carboxylic acids is 2. The molecule has 0 aromatic heterocycles. The van der Waals surface area contributed by atoms with Gasteiger partial charge in [0.1, 0.15) is 6.61 Å². The van der Waals surface area contributed by atoms with Crippen LogP contribution in [-0.2, 0) is 14.3 Å². The van der Waals surface area contributed by atoms with Crippen LogP contribution in [0.3, 0.4) is 0 Å². The highest BCUT2D eigenvalue weighted by molar-refractivity contribution is 5.84. The number of alkyl carbamates (subject to hydrolysis) is 1. The van der Waals surface area contributed by atoms with Crippen molar-refractivity contribution >= 4 is 18.0 Å². The predicted molar refractivity (Wildman–Crippen MR) is 123 cm³/mol. The third-order valence-corrected chi connectivity index (χ3v) is 5.81. The molecule has 1 aliphatic carbocycles. The Morgan fingerprint density at radius 1 is 0.970 bits per heavy atom. The fourth-order valence-corrected chi connectivity index (χ4v) is 4.12. The van der Waals surface area contributed by atoms with E-state index in [0.717, 1.165) is 22.3 Å². The second-order valence-corrected chi connectivity index (χ2v) is 8.39. The van der Waals surface area contributed by atoms with E-state index in [4.69, 9.17) is 9.84 Å². The third-order valence-electron chi connectivity index (χ3n) is 5.81. The molecule has 4 N–H and O–H groups in total. The van der Waals surface area contributed by atoms with Gasteiger partial charge in [0.15, 0.2) is 6.04 Å². The minimum absolute atomic E-state index is 0.0155. The largest absolute Gasteiger partial charge is 0.480 e. The molecule has 0 spiro atoms. The molecule has 0 saturated carbocycles. The Kier molecular flexibility index (Phi) is 8.06. The smallest absolute Gasteiger partial charge is 0.407 e. The molecule has 8 heteroatoms. The molecule has 3 atom stereocenters. The van der Waals surface area contributed by atoms with Gasteiger partial charge in [0, 0.05) is 18.4 Å². The maximum absolute atomic E-state index is 12.3. The highest BCUT2D eigenvalue weighted by Gasteiger charge is 2.29. The molecule has 3 rings (SSSR count). The van der Waals surface area contributed by atoms with E-state index in [1.54, 1.807) is 0 Å². The van der Waals surface area contributed by atoms with Crippen molar-refractivity contribution in [3.63, 3.8) is 0 Å². The first kappa shape index (κ1) is 24.3. The first-order chi connectivity index (χ1) is 15.8. The van der Waals surface area contributed by atoms with Crippen LogP contribution >= 0.6 is 0 Å². The number of rotatable bonds is 10. The number of hydrogen-bond donors (Lipinski definition) is 4. The molecule has 2 aromatic rings. The zero-order chi connectivity index (χ0) is 24.0. The maximum atomic E-state index is 12.3. The third kappa shape index (κ3) is 6.10. The summed E-state index contributed by atoms with van der Waals surface area (Å²) in [6.45, 7) is 3.35. The van der Waals surface area contributed by atoms with Gasteiger partial charge in [-0.2, -0.15) is 0 Å². The quantitative estimate of drug-likeness (QED) is 0.437. The van der Waals surface area contributed by atoms with Gasteiger partial charge in [-0.15, -0.1) is 0 Å². The van der Waals surface area contributed by atoms with Crippen molar-refractivity contribution in [1.29, 1.82) is 0 Å². The van der Waals surface area contributed by atoms with Gasteiger partial charge in [0.05, 0.1) is 6.10 Å². The minimum Gasteiger partial charge on any atom is -0.480 e. The van der Waals surface area contributed by atoms with E-state index in [-0.39, 0.29) is 25.0 Å². The van der Waals surface area contributed by atoms with Crippen molar-refractivity contribution in [3.8, 4) is 11.1 Å². The lowest BCUT2D eigenvalue weighted by atomic mass is 9.98. The summed E-state index contributed by atoms with van der Waals surface area (Å²) < 4.78 is 5.52. The SMILES string of the molecule is CC(CCCC(=O)N[C@H](C(=O)O)[C@@H](C)O)NC(=O)OCC1c2ccccc2-c2ccccc21. The van der Waals surface area contributed by atoms with E-state index in [0.29, 0.717) is 12.8 Å². The van der Waals surface area contributed by atoms with Crippen molar-refractivity contribution in [3.05, 3.63) is 59.7 Å². The van der Waals surface area contributed by atoms with E-state index in [1.807, 2.05) is 31.2 Å². The van der Waals surface area contributed by atoms with Crippen LogP contribution in [0.25, 0.3) is 11.1 Å². The summed E-state index contributed by atoms with van der Waals surface area (Å²) in [7, 11) is 0. The van der Waals surface area contributed by atoms with Gasteiger partial charge < -0.3 is 25.6 Å². The molecule has 0 saturated heterocycles. The molecular weight excluding hydrogens is 424 g/mol. The molecule has 8 nitrogen and oxygen atoms in total. The molecule has 0 fully saturated rings. The number of ether oxygens (including phenoxy) is 1. The Labute approximate surface area is 193 Å². The van der Waals surface area contributed by atoms with E-state index < -0.39 is 30.1 Å². The van der Waals surface area contributed by atoms with E-state index in [1.165, 1.54) is 6.92 Å². The summed E-state index contributed by atoms with van der Waals surface area (Å²) in [6, 6.07) is 14.7. The summed E-state index contributed by atoms with van der Waals surface area (Å²) in [6.07, 6.45) is -0.658. The number of nitrogens with one attached hydrogen (secondary N) is 2. The number of fused-ring (bicyclic) bond motifs is 3. The topological polar surface area (TPSA) is 125 Å². The van der Waals surface area contributed by atoms with Gasteiger partial charge in [-0.3, -0.25) is 4.79 Å². The molecule has 0 bridgehead atoms. The van der Waals surface area contributed by atoms with Crippen LogP contribution in [-0.4, -0.2) is 53.0 Å². The minimum atomic E-state index is -1.34. The van der Waals surface area contributed by atoms with Gasteiger partial charge in [0.25, 0.3) is 0 Å². The van der Waals surface area contributed by atoms with Crippen LogP contribution in [0.2, 0.25) is 0 Å². The first-order valence-electron chi connectivity index (χ1n) is 11.1. The summed E-state index contributed by atoms with van der Waals surface area (Å²) in [5.74, 6) is -1.77. The monoisotopic (exact) mass is 454 g/mol. The van der Waals surface area contributed by atoms with Crippen molar-refractivity contribution in [1.82, 2.24) is 10.6 Å². The first-order valence-corrected chi connectivity index (χ1v) is 11.1. The molecule has 1 aliphatic rings. The zero-order valence-electron chi connectivity index (χ0n) is 18.8. The number of hydrogen-bond acceptors (Lipinski definition) is 5. The molecule has 33 heavy (non-hydrogen) atoms. The van der Waals surface area contributed by atoms with Crippen LogP contribution < -0.4 is 10.6 Å². The lowest BCUT2D eigenvalue weighted by Gasteiger charge is -2.18. The van der Waals surface area contributed by atoms with Crippen molar-refractivity contribution in [2.75, 3.05) is 6.61 Å². The Morgan fingerprint density at radius 3 is 2.09 bits per heavy atom. The second kappa shape index (κ2) is 11.0. The van der Waals surface area contributed by atoms with Crippen molar-refractivity contribution < 1.29 is 29.3 Å². The molecule has 2 aromatic carbocycles. The van der Waals surface area contributed by atoms with Crippen LogP contribution in [0.4, 0.5) is 4.79 Å². The highest BCUT2D eigenvalue weighted by Crippen LogP contribution is 2.44. The van der Waals surface area contributed by atoms with Gasteiger partial charge >= 0.3 is 12.1 Å². The number of aliphatic hydroxyl groups is 1. The number of amides is 2. The Bertz CT molecular complexity index is 960. The number of aliphatic hydroxyl groups excluding tert-OH is 1. The van der Waals surface area contributed by atoms with Crippen LogP contribution in [0.15, 0.2) is 48.5 Å². The lowest BCUT2D eigenvalue weighted by molar-refractivity contribution is -0.144. The van der Waals surface area contributed by atoms with Crippen molar-refractivity contribution in [2.24, 2.45) is 0 Å². The van der Waals surface area contributed by atoms with Gasteiger partial charge in [0.2, 0.25) is 5.91 Å². The number of carbonyl (C=O) groups is 3. The lowest BCUT2D eigenvalue weighted by Crippen LogP contribution is -2.47. The molecule has 0 radical (unpaired) electrons. The highest BCUT2D eigenvalue weighted by atomic mass is 16.5. The number of benzene rings is 2. The summed E-state index contributed by atoms with van der Waals surface area (Å²) in [5, 5.41) is 23.5. The van der Waals surface area contributed by atoms with Gasteiger partial charge in [-0.25, -0.2) is 9.59 Å². The van der Waals surface area contributed by atoms with Gasteiger partial charge in [-0.05, 0) is 48.9 Å². The van der Waals surface area contributed by atoms with Crippen LogP contribution in [0.1, 0.15) is 50.2 Å². The van der Waals surface area contributed by atoms with E-state index in [2.05, 4.69) is 34.9 Å². The second-order valence-electron chi connectivity index (χ2n) is 8.39. The standard InChI is InChI=1S/C25H30N2O6/c1-15(8-7-13-22(29)27-23(16(2)28)24(30)31)26-25(32)33-14-21-19-11-5-3-9-17(19)18-10-4-6-12-20(18)21/h3-6,9-12,15-16,21,23,28H,7-8,13-14H2,1-2H3,(H,26,32)(H,27,29)(H,30,31)/t15?,16-,23+/m1/s1. The number of carboxylic acids is 1. The predicted octanol–water partition coefficient (Wildman–Crippen LogP) is 3.03. The Balaban J connectivity index is 1.43. The molecule has 0 aliphatic heterocycles. The van der Waals surface area contributed by atoms with Crippen molar-refractivity contribution in [2.45, 2.75) is 57.2 Å². The maximum Gasteiger partial charge on any atom is 0.407 e. The zero-order valence-corrected chi connectivity index (χ0v) is 18.8. The summed E-state index contributed by atoms with van der Waals surface area (Å²) in [4.78, 5) is 35.3.